The van der Waals surface area contributed by atoms with E-state index in [1.165, 1.54) is 17.8 Å². The number of carbonyl (C=O) groups excluding carboxylic acids is 1. The molecule has 0 saturated heterocycles. The zero-order chi connectivity index (χ0) is 19.0. The fourth-order valence-corrected chi connectivity index (χ4v) is 3.83. The Morgan fingerprint density at radius 3 is 2.59 bits per heavy atom. The molecule has 1 amide bonds. The number of anilines is 1. The van der Waals surface area contributed by atoms with Crippen LogP contribution in [0.25, 0.3) is 17.0 Å². The average Bonchev–Trinajstić information content (AvgIpc) is 2.98. The fraction of sp³-hybridized carbons (Fsp3) is 0. The van der Waals surface area contributed by atoms with E-state index in [9.17, 15) is 9.59 Å². The SMILES string of the molecule is O=C1N=C(Nc2c(Cl)cccc2Cl)S/C1=C\c1ccc2oc(=O)ccc2c1. The molecule has 0 unspecified atom stereocenters. The van der Waals surface area contributed by atoms with E-state index in [1.807, 2.05) is 6.07 Å². The van der Waals surface area contributed by atoms with Crippen molar-refractivity contribution in [3.05, 3.63) is 79.5 Å². The summed E-state index contributed by atoms with van der Waals surface area (Å²) >= 11 is 13.5. The molecule has 0 bridgehead atoms. The fourth-order valence-electron chi connectivity index (χ4n) is 2.52. The number of benzene rings is 2. The number of carbonyl (C=O) groups is 1. The van der Waals surface area contributed by atoms with Gasteiger partial charge in [0.15, 0.2) is 5.17 Å². The molecule has 4 rings (SSSR count). The maximum Gasteiger partial charge on any atom is 0.336 e. The Morgan fingerprint density at radius 1 is 1.04 bits per heavy atom. The number of nitrogens with one attached hydrogen (secondary N) is 1. The third kappa shape index (κ3) is 3.78. The first-order valence-electron chi connectivity index (χ1n) is 7.77. The predicted molar refractivity (Wildman–Crippen MR) is 111 cm³/mol. The number of fused-ring (bicyclic) bond motifs is 1. The third-order valence-electron chi connectivity index (χ3n) is 3.76. The molecule has 1 N–H and O–H groups in total. The van der Waals surface area contributed by atoms with Gasteiger partial charge in [0.2, 0.25) is 0 Å². The van der Waals surface area contributed by atoms with Crippen LogP contribution in [0.3, 0.4) is 0 Å². The number of rotatable bonds is 2. The van der Waals surface area contributed by atoms with E-state index in [1.54, 1.807) is 42.5 Å². The Morgan fingerprint density at radius 2 is 1.81 bits per heavy atom. The highest BCUT2D eigenvalue weighted by molar-refractivity contribution is 8.18. The van der Waals surface area contributed by atoms with Gasteiger partial charge < -0.3 is 9.73 Å². The molecule has 8 heteroatoms. The summed E-state index contributed by atoms with van der Waals surface area (Å²) in [7, 11) is 0. The summed E-state index contributed by atoms with van der Waals surface area (Å²) in [5, 5.41) is 5.03. The zero-order valence-corrected chi connectivity index (χ0v) is 15.9. The van der Waals surface area contributed by atoms with E-state index < -0.39 is 5.63 Å². The lowest BCUT2D eigenvalue weighted by Crippen LogP contribution is -2.05. The van der Waals surface area contributed by atoms with Crippen LogP contribution in [0.5, 0.6) is 0 Å². The van der Waals surface area contributed by atoms with Gasteiger partial charge in [0, 0.05) is 11.5 Å². The number of hydrogen-bond acceptors (Lipinski definition) is 5. The average molecular weight is 417 g/mol. The normalized spacial score (nSPS) is 15.4. The molecule has 0 spiro atoms. The molecule has 0 radical (unpaired) electrons. The smallest absolute Gasteiger partial charge is 0.336 e. The number of para-hydroxylation sites is 1. The van der Waals surface area contributed by atoms with Gasteiger partial charge in [-0.25, -0.2) is 4.79 Å². The molecule has 1 aliphatic heterocycles. The van der Waals surface area contributed by atoms with Crippen molar-refractivity contribution < 1.29 is 9.21 Å². The quantitative estimate of drug-likeness (QED) is 0.460. The van der Waals surface area contributed by atoms with Crippen LogP contribution in [0.4, 0.5) is 5.69 Å². The van der Waals surface area contributed by atoms with Crippen LogP contribution in [0.15, 0.2) is 67.6 Å². The first-order valence-corrected chi connectivity index (χ1v) is 9.34. The summed E-state index contributed by atoms with van der Waals surface area (Å²) in [4.78, 5) is 27.9. The molecule has 0 saturated carbocycles. The maximum absolute atomic E-state index is 12.2. The van der Waals surface area contributed by atoms with Crippen molar-refractivity contribution in [2.75, 3.05) is 5.32 Å². The van der Waals surface area contributed by atoms with Gasteiger partial charge in [0.05, 0.1) is 20.6 Å². The number of hydrogen-bond donors (Lipinski definition) is 1. The zero-order valence-electron chi connectivity index (χ0n) is 13.5. The molecule has 5 nitrogen and oxygen atoms in total. The van der Waals surface area contributed by atoms with Crippen molar-refractivity contribution in [1.82, 2.24) is 0 Å². The van der Waals surface area contributed by atoms with Crippen molar-refractivity contribution in [3.8, 4) is 0 Å². The van der Waals surface area contributed by atoms with Gasteiger partial charge in [-0.05, 0) is 53.7 Å². The van der Waals surface area contributed by atoms with Crippen LogP contribution >= 0.6 is 35.0 Å². The highest BCUT2D eigenvalue weighted by Gasteiger charge is 2.23. The van der Waals surface area contributed by atoms with Gasteiger partial charge in [-0.2, -0.15) is 4.99 Å². The van der Waals surface area contributed by atoms with Gasteiger partial charge in [0.25, 0.3) is 5.91 Å². The largest absolute Gasteiger partial charge is 0.423 e. The molecule has 0 aliphatic carbocycles. The Balaban J connectivity index is 1.58. The lowest BCUT2D eigenvalue weighted by molar-refractivity contribution is -0.113. The summed E-state index contributed by atoms with van der Waals surface area (Å²) in [6.07, 6.45) is 1.73. The number of halogens is 2. The maximum atomic E-state index is 12.2. The van der Waals surface area contributed by atoms with Gasteiger partial charge in [-0.1, -0.05) is 35.3 Å². The molecule has 2 heterocycles. The lowest BCUT2D eigenvalue weighted by atomic mass is 10.1. The van der Waals surface area contributed by atoms with E-state index >= 15 is 0 Å². The molecular formula is C19H10Cl2N2O3S. The van der Waals surface area contributed by atoms with Crippen molar-refractivity contribution in [2.24, 2.45) is 4.99 Å². The Hall–Kier alpha value is -2.54. The van der Waals surface area contributed by atoms with E-state index in [2.05, 4.69) is 10.3 Å². The summed E-state index contributed by atoms with van der Waals surface area (Å²) < 4.78 is 5.11. The second-order valence-electron chi connectivity index (χ2n) is 5.61. The van der Waals surface area contributed by atoms with Crippen LogP contribution in [0.1, 0.15) is 5.56 Å². The number of thioether (sulfide) groups is 1. The summed E-state index contributed by atoms with van der Waals surface area (Å²) in [6, 6.07) is 13.4. The molecule has 134 valence electrons. The van der Waals surface area contributed by atoms with Crippen molar-refractivity contribution in [3.63, 3.8) is 0 Å². The molecule has 3 aromatic rings. The Labute approximate surface area is 167 Å². The molecule has 0 fully saturated rings. The minimum Gasteiger partial charge on any atom is -0.423 e. The number of nitrogens with zero attached hydrogens (tertiary/aromatic N) is 1. The second kappa shape index (κ2) is 7.23. The monoisotopic (exact) mass is 416 g/mol. The van der Waals surface area contributed by atoms with E-state index in [4.69, 9.17) is 27.6 Å². The number of amidine groups is 1. The van der Waals surface area contributed by atoms with Gasteiger partial charge in [-0.15, -0.1) is 0 Å². The van der Waals surface area contributed by atoms with Gasteiger partial charge >= 0.3 is 5.63 Å². The molecule has 1 aromatic heterocycles. The van der Waals surface area contributed by atoms with Crippen molar-refractivity contribution in [1.29, 1.82) is 0 Å². The van der Waals surface area contributed by atoms with E-state index in [-0.39, 0.29) is 5.91 Å². The number of aliphatic imine (C=N–C) groups is 1. The molecule has 1 aliphatic rings. The van der Waals surface area contributed by atoms with Crippen LogP contribution < -0.4 is 10.9 Å². The van der Waals surface area contributed by atoms with Crippen molar-refractivity contribution >= 4 is 68.8 Å². The summed E-state index contributed by atoms with van der Waals surface area (Å²) in [6.45, 7) is 0. The predicted octanol–water partition coefficient (Wildman–Crippen LogP) is 5.18. The van der Waals surface area contributed by atoms with Crippen LogP contribution in [0, 0.1) is 0 Å². The molecule has 27 heavy (non-hydrogen) atoms. The highest BCUT2D eigenvalue weighted by Crippen LogP contribution is 2.34. The Bertz CT molecular complexity index is 1180. The first-order chi connectivity index (χ1) is 13.0. The topological polar surface area (TPSA) is 71.7 Å². The third-order valence-corrected chi connectivity index (χ3v) is 5.29. The highest BCUT2D eigenvalue weighted by atomic mass is 35.5. The minimum atomic E-state index is -0.405. The second-order valence-corrected chi connectivity index (χ2v) is 7.45. The minimum absolute atomic E-state index is 0.356. The Kier molecular flexibility index (Phi) is 4.78. The van der Waals surface area contributed by atoms with Crippen LogP contribution in [-0.2, 0) is 4.79 Å². The van der Waals surface area contributed by atoms with Crippen molar-refractivity contribution in [2.45, 2.75) is 0 Å². The standard InChI is InChI=1S/C19H10Cl2N2O3S/c20-12-2-1-3-13(21)17(12)22-19-23-18(25)15(27-19)9-10-4-6-14-11(8-10)5-7-16(24)26-14/h1-9H,(H,22,23,25)/b15-9-. The first kappa shape index (κ1) is 17.9. The summed E-state index contributed by atoms with van der Waals surface area (Å²) in [5.41, 5.74) is 1.38. The van der Waals surface area contributed by atoms with Gasteiger partial charge in [0.1, 0.15) is 5.58 Å². The van der Waals surface area contributed by atoms with Crippen LogP contribution in [-0.4, -0.2) is 11.1 Å². The van der Waals surface area contributed by atoms with E-state index in [0.29, 0.717) is 31.4 Å². The lowest BCUT2D eigenvalue weighted by Gasteiger charge is -2.08. The molecule has 0 atom stereocenters. The summed E-state index contributed by atoms with van der Waals surface area (Å²) in [5.74, 6) is -0.356. The number of amides is 1. The van der Waals surface area contributed by atoms with E-state index in [0.717, 1.165) is 10.9 Å². The van der Waals surface area contributed by atoms with Crippen LogP contribution in [0.2, 0.25) is 10.0 Å². The molecular weight excluding hydrogens is 407 g/mol. The molecule has 2 aromatic carbocycles. The van der Waals surface area contributed by atoms with Gasteiger partial charge in [-0.3, -0.25) is 4.79 Å².